The van der Waals surface area contributed by atoms with E-state index >= 15 is 0 Å². The molecular weight excluding hydrogens is 488 g/mol. The lowest BCUT2D eigenvalue weighted by Crippen LogP contribution is -2.26. The molecule has 1 fully saturated rings. The third-order valence-electron chi connectivity index (χ3n) is 6.83. The first kappa shape index (κ1) is 25.1. The number of nitrogens with zero attached hydrogens (tertiary/aromatic N) is 2. The minimum atomic E-state index is -1.82. The van der Waals surface area contributed by atoms with Crippen LogP contribution in [0.2, 0.25) is 0 Å². The number of H-pyrrole nitrogens is 1. The van der Waals surface area contributed by atoms with Crippen molar-refractivity contribution in [1.82, 2.24) is 15.3 Å². The van der Waals surface area contributed by atoms with Gasteiger partial charge in [-0.3, -0.25) is 10.0 Å². The highest BCUT2D eigenvalue weighted by molar-refractivity contribution is 7.82. The van der Waals surface area contributed by atoms with Gasteiger partial charge in [-0.15, -0.1) is 0 Å². The lowest BCUT2D eigenvalue weighted by Gasteiger charge is -2.25. The molecule has 37 heavy (non-hydrogen) atoms. The van der Waals surface area contributed by atoms with Crippen LogP contribution in [0, 0.1) is 13.8 Å². The van der Waals surface area contributed by atoms with Crippen molar-refractivity contribution in [2.24, 2.45) is 5.14 Å². The van der Waals surface area contributed by atoms with E-state index in [4.69, 9.17) is 5.14 Å². The van der Waals surface area contributed by atoms with E-state index in [9.17, 15) is 14.2 Å². The highest BCUT2D eigenvalue weighted by Gasteiger charge is 2.20. The van der Waals surface area contributed by atoms with Gasteiger partial charge < -0.3 is 15.6 Å². The molecule has 192 valence electrons. The van der Waals surface area contributed by atoms with Crippen molar-refractivity contribution < 1.29 is 9.42 Å². The lowest BCUT2D eigenvalue weighted by molar-refractivity contribution is 0.296. The normalized spacial score (nSPS) is 15.0. The maximum absolute atomic E-state index is 12.8. The molecule has 5 rings (SSSR count). The molecule has 0 saturated carbocycles. The van der Waals surface area contributed by atoms with E-state index in [-0.39, 0.29) is 22.0 Å². The fourth-order valence-corrected chi connectivity index (χ4v) is 5.52. The first-order valence-corrected chi connectivity index (χ1v) is 13.4. The van der Waals surface area contributed by atoms with Crippen LogP contribution in [-0.4, -0.2) is 32.5 Å². The predicted octanol–water partition coefficient (Wildman–Crippen LogP) is 4.26. The fraction of sp³-hybridized carbons (Fsp3) is 0.259. The number of aromatic amines is 1. The molecule has 1 atom stereocenters. The van der Waals surface area contributed by atoms with Gasteiger partial charge in [0.1, 0.15) is 16.8 Å². The van der Waals surface area contributed by atoms with Crippen molar-refractivity contribution in [3.8, 4) is 0 Å². The van der Waals surface area contributed by atoms with Gasteiger partial charge in [-0.2, -0.15) is 0 Å². The summed E-state index contributed by atoms with van der Waals surface area (Å²) in [6.07, 6.45) is 3.77. The molecule has 1 aliphatic heterocycles. The zero-order valence-corrected chi connectivity index (χ0v) is 21.6. The Bertz CT molecular complexity index is 1550. The second-order valence-electron chi connectivity index (χ2n) is 9.40. The van der Waals surface area contributed by atoms with Crippen LogP contribution >= 0.6 is 0 Å². The fourth-order valence-electron chi connectivity index (χ4n) is 4.97. The highest BCUT2D eigenvalue weighted by atomic mass is 32.2. The third kappa shape index (κ3) is 5.14. The molecular formula is C27H30N6O3S. The highest BCUT2D eigenvalue weighted by Crippen LogP contribution is 2.34. The number of nitrogens with two attached hydrogens (primary N) is 1. The van der Waals surface area contributed by atoms with Gasteiger partial charge in [0.25, 0.3) is 5.56 Å². The van der Waals surface area contributed by atoms with Gasteiger partial charge in [-0.05, 0) is 104 Å². The summed E-state index contributed by atoms with van der Waals surface area (Å²) < 4.78 is 12.1. The van der Waals surface area contributed by atoms with E-state index in [1.807, 2.05) is 13.0 Å². The Hall–Kier alpha value is -3.57. The molecule has 4 aromatic rings. The van der Waals surface area contributed by atoms with E-state index in [1.165, 1.54) is 11.1 Å². The average Bonchev–Trinajstić information content (AvgIpc) is 2.88. The summed E-state index contributed by atoms with van der Waals surface area (Å²) in [5.74, 6) is 0.978. The summed E-state index contributed by atoms with van der Waals surface area (Å²) in [5, 5.41) is 25.3. The molecule has 0 spiro atoms. The second kappa shape index (κ2) is 10.4. The molecule has 2 aromatic heterocycles. The summed E-state index contributed by atoms with van der Waals surface area (Å²) in [6.45, 7) is 6.00. The molecule has 1 aliphatic rings. The number of piperidine rings is 1. The quantitative estimate of drug-likeness (QED) is 0.241. The van der Waals surface area contributed by atoms with Crippen LogP contribution in [0.5, 0.6) is 0 Å². The molecule has 0 aliphatic carbocycles. The molecule has 1 unspecified atom stereocenters. The monoisotopic (exact) mass is 518 g/mol. The number of anilines is 4. The van der Waals surface area contributed by atoms with Gasteiger partial charge >= 0.3 is 0 Å². The largest absolute Gasteiger partial charge is 0.339 e. The van der Waals surface area contributed by atoms with Gasteiger partial charge in [0.2, 0.25) is 0 Å². The number of aromatic nitrogens is 2. The Balaban J connectivity index is 1.56. The summed E-state index contributed by atoms with van der Waals surface area (Å²) in [5.41, 5.74) is 4.09. The third-order valence-corrected chi connectivity index (χ3v) is 7.61. The van der Waals surface area contributed by atoms with E-state index in [1.54, 1.807) is 36.5 Å². The number of pyridine rings is 2. The standard InChI is InChI=1S/C27H30N6O3S/c1-16-3-6-23(37(28)36)22(13-16)33(35)24-15-19-9-12-30-27(34)25(19)26(32-24)31-20-4-5-21(17(2)14-20)18-7-10-29-11-8-18/h3-6,9,12-15,18,29,35H,7-8,10-11,28H2,1-2H3,(H,30,34)(H,31,32). The first-order valence-electron chi connectivity index (χ1n) is 12.2. The molecule has 10 heteroatoms. The maximum Gasteiger partial charge on any atom is 0.259 e. The first-order chi connectivity index (χ1) is 17.8. The number of fused-ring (bicyclic) bond motifs is 1. The molecule has 9 nitrogen and oxygen atoms in total. The molecule has 3 heterocycles. The SMILES string of the molecule is Cc1ccc(S(N)=O)c(N(O)c2cc3cc[nH]c(=O)c3c(Nc3ccc(C4CCNCC4)c(C)c3)n2)c1. The van der Waals surface area contributed by atoms with Gasteiger partial charge in [0.15, 0.2) is 5.82 Å². The summed E-state index contributed by atoms with van der Waals surface area (Å²) in [6, 6.07) is 14.6. The van der Waals surface area contributed by atoms with Crippen LogP contribution in [0.1, 0.15) is 35.4 Å². The van der Waals surface area contributed by atoms with Crippen molar-refractivity contribution in [1.29, 1.82) is 0 Å². The predicted molar refractivity (Wildman–Crippen MR) is 147 cm³/mol. The van der Waals surface area contributed by atoms with E-state index < -0.39 is 11.0 Å². The van der Waals surface area contributed by atoms with Crippen LogP contribution in [0.3, 0.4) is 0 Å². The summed E-state index contributed by atoms with van der Waals surface area (Å²) >= 11 is 0. The van der Waals surface area contributed by atoms with Crippen LogP contribution in [-0.2, 0) is 11.0 Å². The second-order valence-corrected chi connectivity index (χ2v) is 10.4. The smallest absolute Gasteiger partial charge is 0.259 e. The van der Waals surface area contributed by atoms with Crippen molar-refractivity contribution in [3.63, 3.8) is 0 Å². The number of aryl methyl sites for hydroxylation is 2. The van der Waals surface area contributed by atoms with E-state index in [0.29, 0.717) is 22.5 Å². The van der Waals surface area contributed by atoms with Crippen molar-refractivity contribution in [2.45, 2.75) is 37.5 Å². The Morgan fingerprint density at radius 2 is 1.89 bits per heavy atom. The zero-order valence-electron chi connectivity index (χ0n) is 20.7. The van der Waals surface area contributed by atoms with Crippen molar-refractivity contribution in [2.75, 3.05) is 23.5 Å². The molecule has 1 saturated heterocycles. The minimum Gasteiger partial charge on any atom is -0.339 e. The van der Waals surface area contributed by atoms with E-state index in [2.05, 4.69) is 39.7 Å². The van der Waals surface area contributed by atoms with Crippen LogP contribution < -0.4 is 26.4 Å². The van der Waals surface area contributed by atoms with Crippen LogP contribution in [0.25, 0.3) is 10.8 Å². The average molecular weight is 519 g/mol. The van der Waals surface area contributed by atoms with Crippen molar-refractivity contribution >= 4 is 44.8 Å². The molecule has 0 amide bonds. The number of nitrogens with one attached hydrogen (secondary N) is 3. The molecule has 6 N–H and O–H groups in total. The Labute approximate surface area is 217 Å². The van der Waals surface area contributed by atoms with Gasteiger partial charge in [0.05, 0.1) is 16.0 Å². The summed E-state index contributed by atoms with van der Waals surface area (Å²) in [4.78, 5) is 20.3. The number of hydrogen-bond acceptors (Lipinski definition) is 7. The number of hydrogen-bond donors (Lipinski definition) is 5. The molecule has 0 radical (unpaired) electrons. The van der Waals surface area contributed by atoms with Crippen molar-refractivity contribution in [3.05, 3.63) is 81.8 Å². The Morgan fingerprint density at radius 1 is 1.11 bits per heavy atom. The Kier molecular flexibility index (Phi) is 7.07. The molecule has 0 bridgehead atoms. The number of benzene rings is 2. The number of rotatable bonds is 6. The summed E-state index contributed by atoms with van der Waals surface area (Å²) in [7, 11) is -1.82. The topological polar surface area (TPSA) is 136 Å². The molecule has 2 aromatic carbocycles. The van der Waals surface area contributed by atoms with Crippen LogP contribution in [0.15, 0.2) is 64.4 Å². The van der Waals surface area contributed by atoms with Gasteiger partial charge in [-0.25, -0.2) is 19.4 Å². The maximum atomic E-state index is 12.8. The zero-order chi connectivity index (χ0) is 26.1. The van der Waals surface area contributed by atoms with Gasteiger partial charge in [0, 0.05) is 11.9 Å². The van der Waals surface area contributed by atoms with E-state index in [0.717, 1.165) is 42.2 Å². The van der Waals surface area contributed by atoms with Gasteiger partial charge in [-0.1, -0.05) is 12.1 Å². The Morgan fingerprint density at radius 3 is 2.62 bits per heavy atom. The minimum absolute atomic E-state index is 0.154. The van der Waals surface area contributed by atoms with Crippen LogP contribution in [0.4, 0.5) is 23.0 Å². The lowest BCUT2D eigenvalue weighted by atomic mass is 9.87.